The van der Waals surface area contributed by atoms with Crippen LogP contribution in [-0.4, -0.2) is 35.4 Å². The standard InChI is InChI=1S/C27H34N4O4S/c1-4-5-6-9-14-35-21-13-12-19(15-22(21)34-3)16-29-30-25(32)18(2)31-17-28-26-24(27(31)33)20-10-7-8-11-23(20)36-26/h12-13,15-18H,4-11,14H2,1-3H3,(H,30,32)/b29-16-. The minimum absolute atomic E-state index is 0.166. The molecule has 8 nitrogen and oxygen atoms in total. The van der Waals surface area contributed by atoms with Crippen LogP contribution in [0.1, 0.15) is 74.4 Å². The summed E-state index contributed by atoms with van der Waals surface area (Å²) >= 11 is 1.60. The van der Waals surface area contributed by atoms with Crippen molar-refractivity contribution in [2.45, 2.75) is 71.3 Å². The van der Waals surface area contributed by atoms with Gasteiger partial charge in [0.1, 0.15) is 10.9 Å². The van der Waals surface area contributed by atoms with Gasteiger partial charge < -0.3 is 9.47 Å². The van der Waals surface area contributed by atoms with Crippen molar-refractivity contribution in [1.29, 1.82) is 0 Å². The number of rotatable bonds is 11. The lowest BCUT2D eigenvalue weighted by Gasteiger charge is -2.14. The van der Waals surface area contributed by atoms with Crippen LogP contribution in [0.2, 0.25) is 0 Å². The third-order valence-corrected chi connectivity index (χ3v) is 7.73. The molecule has 1 aliphatic carbocycles. The number of carbonyl (C=O) groups is 1. The van der Waals surface area contributed by atoms with Crippen molar-refractivity contribution in [3.8, 4) is 11.5 Å². The van der Waals surface area contributed by atoms with Gasteiger partial charge in [0.15, 0.2) is 11.5 Å². The molecule has 1 N–H and O–H groups in total. The Hall–Kier alpha value is -3.20. The highest BCUT2D eigenvalue weighted by atomic mass is 32.1. The summed E-state index contributed by atoms with van der Waals surface area (Å²) in [7, 11) is 1.59. The average Bonchev–Trinajstić information content (AvgIpc) is 3.28. The predicted molar refractivity (Wildman–Crippen MR) is 144 cm³/mol. The second-order valence-corrected chi connectivity index (χ2v) is 10.2. The maximum atomic E-state index is 13.2. The molecule has 1 aromatic carbocycles. The Balaban J connectivity index is 1.40. The van der Waals surface area contributed by atoms with E-state index in [2.05, 4.69) is 22.4 Å². The summed E-state index contributed by atoms with van der Waals surface area (Å²) in [5.41, 5.74) is 4.24. The van der Waals surface area contributed by atoms with Gasteiger partial charge >= 0.3 is 0 Å². The number of ether oxygens (including phenoxy) is 2. The Morgan fingerprint density at radius 3 is 2.89 bits per heavy atom. The molecule has 3 aromatic rings. The first kappa shape index (κ1) is 25.9. The number of fused-ring (bicyclic) bond motifs is 3. The highest BCUT2D eigenvalue weighted by Crippen LogP contribution is 2.33. The lowest BCUT2D eigenvalue weighted by molar-refractivity contribution is -0.123. The van der Waals surface area contributed by atoms with Crippen molar-refractivity contribution >= 4 is 33.7 Å². The number of hydrogen-bond acceptors (Lipinski definition) is 7. The Kier molecular flexibility index (Phi) is 8.74. The summed E-state index contributed by atoms with van der Waals surface area (Å²) in [6.45, 7) is 4.50. The maximum absolute atomic E-state index is 13.2. The number of amides is 1. The first-order valence-corrected chi connectivity index (χ1v) is 13.5. The Morgan fingerprint density at radius 2 is 2.08 bits per heavy atom. The average molecular weight is 511 g/mol. The molecule has 36 heavy (non-hydrogen) atoms. The van der Waals surface area contributed by atoms with Crippen molar-refractivity contribution in [2.75, 3.05) is 13.7 Å². The number of benzene rings is 1. The number of nitrogens with one attached hydrogen (secondary N) is 1. The number of thiophene rings is 1. The zero-order valence-electron chi connectivity index (χ0n) is 21.2. The summed E-state index contributed by atoms with van der Waals surface area (Å²) in [5, 5.41) is 4.75. The lowest BCUT2D eigenvalue weighted by atomic mass is 9.97. The Morgan fingerprint density at radius 1 is 1.25 bits per heavy atom. The number of carbonyl (C=O) groups excluding carboxylic acids is 1. The van der Waals surface area contributed by atoms with Crippen LogP contribution in [0.25, 0.3) is 10.2 Å². The first-order chi connectivity index (χ1) is 17.5. The zero-order chi connectivity index (χ0) is 25.5. The van der Waals surface area contributed by atoms with Gasteiger partial charge in [-0.15, -0.1) is 11.3 Å². The van der Waals surface area contributed by atoms with Gasteiger partial charge in [0.05, 0.1) is 31.6 Å². The second-order valence-electron chi connectivity index (χ2n) is 9.08. The van der Waals surface area contributed by atoms with Crippen LogP contribution in [0, 0.1) is 0 Å². The molecule has 192 valence electrons. The van der Waals surface area contributed by atoms with E-state index in [1.54, 1.807) is 25.4 Å². The lowest BCUT2D eigenvalue weighted by Crippen LogP contribution is -2.34. The van der Waals surface area contributed by atoms with Crippen LogP contribution in [-0.2, 0) is 17.6 Å². The van der Waals surface area contributed by atoms with E-state index in [0.29, 0.717) is 23.5 Å². The quantitative estimate of drug-likeness (QED) is 0.222. The normalized spacial score (nSPS) is 14.1. The number of unbranched alkanes of at least 4 members (excludes halogenated alkanes) is 3. The SMILES string of the molecule is CCCCCCOc1ccc(/C=N\NC(=O)C(C)n2cnc3sc4c(c3c2=O)CCCC4)cc1OC. The van der Waals surface area contributed by atoms with Crippen molar-refractivity contribution in [2.24, 2.45) is 5.10 Å². The molecule has 2 aromatic heterocycles. The molecule has 1 atom stereocenters. The Labute approximate surface area is 215 Å². The molecule has 0 aliphatic heterocycles. The van der Waals surface area contributed by atoms with E-state index in [1.165, 1.54) is 34.8 Å². The van der Waals surface area contributed by atoms with Crippen LogP contribution in [0.5, 0.6) is 11.5 Å². The van der Waals surface area contributed by atoms with Crippen LogP contribution in [0.3, 0.4) is 0 Å². The molecule has 1 unspecified atom stereocenters. The first-order valence-electron chi connectivity index (χ1n) is 12.7. The zero-order valence-corrected chi connectivity index (χ0v) is 22.0. The molecule has 1 aliphatic rings. The molecule has 0 spiro atoms. The minimum Gasteiger partial charge on any atom is -0.493 e. The number of aromatic nitrogens is 2. The topological polar surface area (TPSA) is 94.8 Å². The molecule has 0 saturated heterocycles. The van der Waals surface area contributed by atoms with Crippen molar-refractivity contribution in [3.63, 3.8) is 0 Å². The molecule has 0 saturated carbocycles. The van der Waals surface area contributed by atoms with Crippen molar-refractivity contribution < 1.29 is 14.3 Å². The van der Waals surface area contributed by atoms with E-state index < -0.39 is 11.9 Å². The summed E-state index contributed by atoms with van der Waals surface area (Å²) in [5.74, 6) is 0.901. The number of aryl methyl sites for hydroxylation is 2. The summed E-state index contributed by atoms with van der Waals surface area (Å²) < 4.78 is 12.7. The molecular formula is C27H34N4O4S. The smallest absolute Gasteiger partial charge is 0.263 e. The van der Waals surface area contributed by atoms with E-state index in [-0.39, 0.29) is 5.56 Å². The number of hydrazone groups is 1. The molecule has 9 heteroatoms. The van der Waals surface area contributed by atoms with Gasteiger partial charge in [-0.25, -0.2) is 10.4 Å². The van der Waals surface area contributed by atoms with Gasteiger partial charge in [0, 0.05) is 4.88 Å². The third kappa shape index (κ3) is 5.78. The number of methoxy groups -OCH3 is 1. The molecular weight excluding hydrogens is 476 g/mol. The fraction of sp³-hybridized carbons (Fsp3) is 0.481. The predicted octanol–water partition coefficient (Wildman–Crippen LogP) is 5.02. The van der Waals surface area contributed by atoms with E-state index in [0.717, 1.165) is 54.5 Å². The van der Waals surface area contributed by atoms with Gasteiger partial charge in [-0.2, -0.15) is 5.10 Å². The summed E-state index contributed by atoms with van der Waals surface area (Å²) in [6, 6.07) is 4.75. The second kappa shape index (κ2) is 12.2. The monoisotopic (exact) mass is 510 g/mol. The molecule has 0 radical (unpaired) electrons. The van der Waals surface area contributed by atoms with Crippen molar-refractivity contribution in [1.82, 2.24) is 15.0 Å². The fourth-order valence-electron chi connectivity index (χ4n) is 4.42. The molecule has 1 amide bonds. The van der Waals surface area contributed by atoms with Gasteiger partial charge in [0.2, 0.25) is 0 Å². The summed E-state index contributed by atoms with van der Waals surface area (Å²) in [6.07, 6.45) is 11.7. The van der Waals surface area contributed by atoms with Crippen LogP contribution in [0.15, 0.2) is 34.4 Å². The van der Waals surface area contributed by atoms with Crippen LogP contribution >= 0.6 is 11.3 Å². The van der Waals surface area contributed by atoms with Gasteiger partial charge in [-0.1, -0.05) is 26.2 Å². The summed E-state index contributed by atoms with van der Waals surface area (Å²) in [4.78, 5) is 32.5. The van der Waals surface area contributed by atoms with Gasteiger partial charge in [-0.3, -0.25) is 14.2 Å². The molecule has 0 bridgehead atoms. The highest BCUT2D eigenvalue weighted by molar-refractivity contribution is 7.18. The van der Waals surface area contributed by atoms with Gasteiger partial charge in [-0.05, 0) is 68.4 Å². The van der Waals surface area contributed by atoms with E-state index in [4.69, 9.17) is 9.47 Å². The largest absolute Gasteiger partial charge is 0.493 e. The highest BCUT2D eigenvalue weighted by Gasteiger charge is 2.23. The van der Waals surface area contributed by atoms with E-state index >= 15 is 0 Å². The molecule has 0 fully saturated rings. The van der Waals surface area contributed by atoms with E-state index in [1.807, 2.05) is 18.2 Å². The third-order valence-electron chi connectivity index (χ3n) is 6.53. The molecule has 4 rings (SSSR count). The van der Waals surface area contributed by atoms with Crippen molar-refractivity contribution in [3.05, 3.63) is 50.9 Å². The van der Waals surface area contributed by atoms with Crippen LogP contribution < -0.4 is 20.5 Å². The minimum atomic E-state index is -0.747. The fourth-order valence-corrected chi connectivity index (χ4v) is 5.64. The Bertz CT molecular complexity index is 1300. The van der Waals surface area contributed by atoms with Gasteiger partial charge in [0.25, 0.3) is 11.5 Å². The number of nitrogens with zero attached hydrogens (tertiary/aromatic N) is 3. The number of hydrogen-bond donors (Lipinski definition) is 1. The molecule has 2 heterocycles. The maximum Gasteiger partial charge on any atom is 0.263 e. The van der Waals surface area contributed by atoms with Crippen LogP contribution in [0.4, 0.5) is 0 Å². The van der Waals surface area contributed by atoms with E-state index in [9.17, 15) is 9.59 Å².